The van der Waals surface area contributed by atoms with E-state index in [1.165, 1.54) is 0 Å². The highest BCUT2D eigenvalue weighted by Gasteiger charge is 2.32. The number of hydrogen-bond acceptors (Lipinski definition) is 5. The van der Waals surface area contributed by atoms with Crippen molar-refractivity contribution >= 4 is 5.97 Å². The van der Waals surface area contributed by atoms with Gasteiger partial charge in [-0.15, -0.1) is 13.2 Å². The van der Waals surface area contributed by atoms with Crippen molar-refractivity contribution in [1.29, 1.82) is 5.26 Å². The average Bonchev–Trinajstić information content (AvgIpc) is 2.37. The monoisotopic (exact) mass is 303 g/mol. The first kappa shape index (κ1) is 16.8. The highest BCUT2D eigenvalue weighted by Crippen LogP contribution is 2.29. The van der Waals surface area contributed by atoms with E-state index in [4.69, 9.17) is 10.00 Å². The molecule has 0 atom stereocenters. The first-order chi connectivity index (χ1) is 9.80. The molecule has 0 fully saturated rings. The zero-order valence-electron chi connectivity index (χ0n) is 11.0. The van der Waals surface area contributed by atoms with Crippen molar-refractivity contribution in [2.75, 3.05) is 6.61 Å². The second-order valence-electron chi connectivity index (χ2n) is 3.92. The van der Waals surface area contributed by atoms with E-state index in [0.29, 0.717) is 0 Å². The number of hydrogen-bond donors (Lipinski definition) is 1. The van der Waals surface area contributed by atoms with Crippen LogP contribution in [-0.4, -0.2) is 24.0 Å². The summed E-state index contributed by atoms with van der Waals surface area (Å²) in [4.78, 5) is 11.4. The van der Waals surface area contributed by atoms with Crippen LogP contribution in [0, 0.1) is 11.3 Å². The van der Waals surface area contributed by atoms with E-state index in [-0.39, 0.29) is 29.7 Å². The molecule has 0 heterocycles. The average molecular weight is 303 g/mol. The van der Waals surface area contributed by atoms with E-state index in [0.717, 1.165) is 12.1 Å². The van der Waals surface area contributed by atoms with Crippen LogP contribution >= 0.6 is 0 Å². The molecule has 8 heteroatoms. The van der Waals surface area contributed by atoms with Gasteiger partial charge in [0.25, 0.3) is 0 Å². The van der Waals surface area contributed by atoms with Crippen molar-refractivity contribution in [3.8, 4) is 11.8 Å². The van der Waals surface area contributed by atoms with Gasteiger partial charge in [-0.2, -0.15) is 5.26 Å². The topological polar surface area (TPSA) is 79.5 Å². The van der Waals surface area contributed by atoms with Crippen LogP contribution in [0.5, 0.6) is 5.75 Å². The van der Waals surface area contributed by atoms with Crippen LogP contribution in [0.2, 0.25) is 0 Å². The largest absolute Gasteiger partial charge is 0.573 e. The summed E-state index contributed by atoms with van der Waals surface area (Å²) in [7, 11) is 0. The lowest BCUT2D eigenvalue weighted by Gasteiger charge is -2.14. The molecule has 0 aromatic heterocycles. The molecule has 0 saturated heterocycles. The van der Waals surface area contributed by atoms with Crippen LogP contribution in [0.25, 0.3) is 0 Å². The molecule has 21 heavy (non-hydrogen) atoms. The normalized spacial score (nSPS) is 10.9. The Balaban J connectivity index is 3.20. The summed E-state index contributed by atoms with van der Waals surface area (Å²) in [5, 5.41) is 18.0. The van der Waals surface area contributed by atoms with E-state index in [9.17, 15) is 23.1 Å². The summed E-state index contributed by atoms with van der Waals surface area (Å²) < 4.78 is 45.3. The van der Waals surface area contributed by atoms with E-state index in [1.54, 1.807) is 13.0 Å². The number of carbonyl (C=O) groups is 1. The minimum atomic E-state index is -4.96. The Kier molecular flexibility index (Phi) is 5.55. The van der Waals surface area contributed by atoms with Crippen molar-refractivity contribution in [3.63, 3.8) is 0 Å². The molecule has 0 radical (unpaired) electrons. The zero-order valence-corrected chi connectivity index (χ0v) is 11.0. The maximum atomic E-state index is 12.3. The first-order valence-corrected chi connectivity index (χ1v) is 5.88. The van der Waals surface area contributed by atoms with E-state index in [2.05, 4.69) is 4.74 Å². The van der Waals surface area contributed by atoms with Gasteiger partial charge in [-0.1, -0.05) is 0 Å². The Morgan fingerprint density at radius 3 is 2.52 bits per heavy atom. The molecule has 1 aromatic carbocycles. The number of benzene rings is 1. The number of alkyl halides is 3. The third-order valence-corrected chi connectivity index (χ3v) is 2.46. The van der Waals surface area contributed by atoms with Gasteiger partial charge in [0.15, 0.2) is 0 Å². The number of nitrogens with zero attached hydrogens (tertiary/aromatic N) is 1. The third-order valence-electron chi connectivity index (χ3n) is 2.46. The van der Waals surface area contributed by atoms with Crippen molar-refractivity contribution in [2.24, 2.45) is 0 Å². The number of aliphatic hydroxyl groups excluding tert-OH is 1. The van der Waals surface area contributed by atoms with Crippen LogP contribution in [0.4, 0.5) is 13.2 Å². The molecule has 1 aromatic rings. The third kappa shape index (κ3) is 4.96. The Labute approximate surface area is 118 Å². The van der Waals surface area contributed by atoms with E-state index in [1.807, 2.05) is 0 Å². The number of carbonyl (C=O) groups excluding carboxylic acids is 1. The second-order valence-corrected chi connectivity index (χ2v) is 3.92. The van der Waals surface area contributed by atoms with Crippen LogP contribution in [0.1, 0.15) is 23.6 Å². The first-order valence-electron chi connectivity index (χ1n) is 5.88. The van der Waals surface area contributed by atoms with Crippen LogP contribution < -0.4 is 4.74 Å². The maximum Gasteiger partial charge on any atom is 0.573 e. The predicted molar refractivity (Wildman–Crippen MR) is 64.1 cm³/mol. The number of esters is 1. The van der Waals surface area contributed by atoms with Crippen LogP contribution in [0.3, 0.4) is 0 Å². The zero-order chi connectivity index (χ0) is 16.0. The summed E-state index contributed by atoms with van der Waals surface area (Å²) in [5.41, 5.74) is -0.118. The smallest absolute Gasteiger partial charge is 0.466 e. The van der Waals surface area contributed by atoms with Crippen molar-refractivity contribution in [1.82, 2.24) is 0 Å². The van der Waals surface area contributed by atoms with Gasteiger partial charge in [-0.3, -0.25) is 4.79 Å². The second kappa shape index (κ2) is 6.95. The lowest BCUT2D eigenvalue weighted by molar-refractivity contribution is -0.274. The molecule has 0 spiro atoms. The minimum absolute atomic E-state index is 0.106. The lowest BCUT2D eigenvalue weighted by atomic mass is 10.0. The number of rotatable bonds is 5. The summed E-state index contributed by atoms with van der Waals surface area (Å²) >= 11 is 0. The fourth-order valence-corrected chi connectivity index (χ4v) is 1.64. The highest BCUT2D eigenvalue weighted by molar-refractivity contribution is 5.73. The predicted octanol–water partition coefficient (Wildman–Crippen LogP) is 2.05. The molecule has 5 nitrogen and oxygen atoms in total. The summed E-state index contributed by atoms with van der Waals surface area (Å²) in [6, 6.07) is 3.51. The molecule has 0 amide bonds. The Morgan fingerprint density at radius 1 is 1.38 bits per heavy atom. The summed E-state index contributed by atoms with van der Waals surface area (Å²) in [6.45, 7) is 1.17. The van der Waals surface area contributed by atoms with Gasteiger partial charge in [0, 0.05) is 0 Å². The van der Waals surface area contributed by atoms with Crippen LogP contribution in [0.15, 0.2) is 12.1 Å². The molecule has 0 saturated carbocycles. The van der Waals surface area contributed by atoms with Gasteiger partial charge < -0.3 is 14.6 Å². The fraction of sp³-hybridized carbons (Fsp3) is 0.385. The highest BCUT2D eigenvalue weighted by atomic mass is 19.4. The number of halogens is 3. The minimum Gasteiger partial charge on any atom is -0.466 e. The lowest BCUT2D eigenvalue weighted by Crippen LogP contribution is -2.18. The van der Waals surface area contributed by atoms with E-state index < -0.39 is 24.7 Å². The molecular weight excluding hydrogens is 291 g/mol. The Bertz CT molecular complexity index is 564. The number of aliphatic hydroxyl groups is 1. The molecule has 0 bridgehead atoms. The Morgan fingerprint density at radius 2 is 2.05 bits per heavy atom. The van der Waals surface area contributed by atoms with Gasteiger partial charge in [-0.25, -0.2) is 0 Å². The van der Waals surface area contributed by atoms with Gasteiger partial charge >= 0.3 is 12.3 Å². The SMILES string of the molecule is CCOC(=O)Cc1cc(OC(F)(F)F)c(C#N)cc1CO. The van der Waals surface area contributed by atoms with Crippen LogP contribution in [-0.2, 0) is 22.6 Å². The summed E-state index contributed by atoms with van der Waals surface area (Å²) in [5.74, 6) is -1.38. The molecule has 114 valence electrons. The van der Waals surface area contributed by atoms with Gasteiger partial charge in [0.2, 0.25) is 0 Å². The standard InChI is InChI=1S/C13H12F3NO4/c1-2-20-12(19)5-8-4-11(21-13(14,15)16)9(6-17)3-10(8)7-18/h3-4,18H,2,5,7H2,1H3. The molecule has 0 aliphatic heterocycles. The van der Waals surface area contributed by atoms with Crippen molar-refractivity contribution in [3.05, 3.63) is 28.8 Å². The number of nitriles is 1. The number of ether oxygens (including phenoxy) is 2. The molecule has 0 unspecified atom stereocenters. The van der Waals surface area contributed by atoms with Gasteiger partial charge in [-0.05, 0) is 30.2 Å². The molecule has 0 aliphatic carbocycles. The quantitative estimate of drug-likeness (QED) is 0.842. The molecule has 0 aliphatic rings. The molecular formula is C13H12F3NO4. The molecule has 1 rings (SSSR count). The van der Waals surface area contributed by atoms with Crippen molar-refractivity contribution in [2.45, 2.75) is 26.3 Å². The van der Waals surface area contributed by atoms with Crippen molar-refractivity contribution < 1.29 is 32.5 Å². The fourth-order valence-electron chi connectivity index (χ4n) is 1.64. The van der Waals surface area contributed by atoms with Gasteiger partial charge in [0.1, 0.15) is 11.8 Å². The summed E-state index contributed by atoms with van der Waals surface area (Å²) in [6.07, 6.45) is -5.29. The van der Waals surface area contributed by atoms with Gasteiger partial charge in [0.05, 0.1) is 25.2 Å². The van der Waals surface area contributed by atoms with E-state index >= 15 is 0 Å². The Hall–Kier alpha value is -2.27. The molecule has 1 N–H and O–H groups in total. The maximum absolute atomic E-state index is 12.3.